The lowest BCUT2D eigenvalue weighted by atomic mass is 10.0. The normalized spacial score (nSPS) is 10.9. The number of halogens is 2. The van der Waals surface area contributed by atoms with Crippen molar-refractivity contribution >= 4 is 37.8 Å². The van der Waals surface area contributed by atoms with Crippen LogP contribution in [0.2, 0.25) is 0 Å². The molecular formula is C28H18Br2N2O2. The number of carboxylic acid groups (broad SMARTS) is 1. The Bertz CT molecular complexity index is 1460. The Kier molecular flexibility index (Phi) is 6.18. The van der Waals surface area contributed by atoms with Gasteiger partial charge in [0, 0.05) is 31.3 Å². The molecule has 0 bridgehead atoms. The molecule has 0 fully saturated rings. The fourth-order valence-corrected chi connectivity index (χ4v) is 4.42. The van der Waals surface area contributed by atoms with Crippen molar-refractivity contribution in [2.45, 2.75) is 0 Å². The van der Waals surface area contributed by atoms with Crippen molar-refractivity contribution in [2.75, 3.05) is 0 Å². The number of carboxylic acids is 1. The highest BCUT2D eigenvalue weighted by molar-refractivity contribution is 9.10. The van der Waals surface area contributed by atoms with Crippen LogP contribution in [-0.2, 0) is 0 Å². The molecule has 0 radical (unpaired) electrons. The largest absolute Gasteiger partial charge is 0.478 e. The van der Waals surface area contributed by atoms with Gasteiger partial charge in [-0.25, -0.2) is 9.78 Å². The van der Waals surface area contributed by atoms with Crippen LogP contribution in [0.15, 0.2) is 112 Å². The van der Waals surface area contributed by atoms with Crippen molar-refractivity contribution < 1.29 is 9.90 Å². The summed E-state index contributed by atoms with van der Waals surface area (Å²) >= 11 is 7.06. The van der Waals surface area contributed by atoms with Gasteiger partial charge < -0.3 is 5.11 Å². The third-order valence-corrected chi connectivity index (χ3v) is 6.57. The van der Waals surface area contributed by atoms with Crippen LogP contribution in [0, 0.1) is 0 Å². The molecule has 166 valence electrons. The van der Waals surface area contributed by atoms with E-state index in [2.05, 4.69) is 48.6 Å². The molecule has 5 rings (SSSR count). The van der Waals surface area contributed by atoms with Crippen LogP contribution in [0.5, 0.6) is 0 Å². The molecule has 0 aliphatic heterocycles. The molecule has 0 saturated heterocycles. The van der Waals surface area contributed by atoms with Crippen molar-refractivity contribution in [1.29, 1.82) is 0 Å². The van der Waals surface area contributed by atoms with Gasteiger partial charge in [-0.2, -0.15) is 0 Å². The summed E-state index contributed by atoms with van der Waals surface area (Å²) in [7, 11) is 0. The van der Waals surface area contributed by atoms with Gasteiger partial charge in [-0.3, -0.25) is 4.57 Å². The molecule has 4 aromatic carbocycles. The Balaban J connectivity index is 1.85. The van der Waals surface area contributed by atoms with E-state index in [-0.39, 0.29) is 5.56 Å². The van der Waals surface area contributed by atoms with Gasteiger partial charge in [0.05, 0.1) is 17.0 Å². The molecule has 0 unspecified atom stereocenters. The molecule has 1 aromatic heterocycles. The van der Waals surface area contributed by atoms with E-state index in [0.29, 0.717) is 0 Å². The number of benzene rings is 4. The second-order valence-corrected chi connectivity index (χ2v) is 9.53. The number of aromatic nitrogens is 2. The first-order chi connectivity index (χ1) is 16.5. The molecule has 6 heteroatoms. The van der Waals surface area contributed by atoms with E-state index < -0.39 is 5.97 Å². The Morgan fingerprint density at radius 3 is 1.79 bits per heavy atom. The third kappa shape index (κ3) is 4.34. The van der Waals surface area contributed by atoms with Crippen molar-refractivity contribution in [2.24, 2.45) is 0 Å². The zero-order valence-corrected chi connectivity index (χ0v) is 21.0. The minimum Gasteiger partial charge on any atom is -0.478 e. The topological polar surface area (TPSA) is 55.1 Å². The lowest BCUT2D eigenvalue weighted by Crippen LogP contribution is -2.02. The first-order valence-corrected chi connectivity index (χ1v) is 12.1. The Hall–Kier alpha value is -3.48. The second-order valence-electron chi connectivity index (χ2n) is 7.70. The standard InChI is InChI=1S/C28H18Br2N2O2/c29-22-12-6-18(7-13-22)25-26(19-8-14-23(30)15-9-19)32(24-16-10-21(11-17-24)28(33)34)27(31-25)20-4-2-1-3-5-20/h1-17H,(H,33,34). The zero-order chi connectivity index (χ0) is 23.7. The molecule has 0 saturated carbocycles. The minimum absolute atomic E-state index is 0.239. The summed E-state index contributed by atoms with van der Waals surface area (Å²) < 4.78 is 4.08. The van der Waals surface area contributed by atoms with Crippen LogP contribution in [0.1, 0.15) is 10.4 Å². The maximum atomic E-state index is 11.4. The van der Waals surface area contributed by atoms with E-state index in [0.717, 1.165) is 48.5 Å². The summed E-state index contributed by atoms with van der Waals surface area (Å²) in [5.74, 6) is -0.177. The summed E-state index contributed by atoms with van der Waals surface area (Å²) in [6, 6.07) is 33.1. The Morgan fingerprint density at radius 2 is 1.24 bits per heavy atom. The van der Waals surface area contributed by atoms with Gasteiger partial charge in [-0.15, -0.1) is 0 Å². The minimum atomic E-state index is -0.954. The van der Waals surface area contributed by atoms with Gasteiger partial charge in [0.2, 0.25) is 0 Å². The summed E-state index contributed by atoms with van der Waals surface area (Å²) in [4.78, 5) is 16.6. The second kappa shape index (κ2) is 9.41. The van der Waals surface area contributed by atoms with E-state index in [1.807, 2.05) is 78.9 Å². The Morgan fingerprint density at radius 1 is 0.676 bits per heavy atom. The predicted molar refractivity (Wildman–Crippen MR) is 142 cm³/mol. The van der Waals surface area contributed by atoms with E-state index in [1.54, 1.807) is 12.1 Å². The molecule has 4 nitrogen and oxygen atoms in total. The average molecular weight is 574 g/mol. The summed E-state index contributed by atoms with van der Waals surface area (Å²) in [6.07, 6.45) is 0. The number of nitrogens with zero attached hydrogens (tertiary/aromatic N) is 2. The lowest BCUT2D eigenvalue weighted by Gasteiger charge is -2.14. The van der Waals surface area contributed by atoms with Crippen LogP contribution in [0.4, 0.5) is 0 Å². The summed E-state index contributed by atoms with van der Waals surface area (Å²) in [5, 5.41) is 9.39. The van der Waals surface area contributed by atoms with E-state index in [4.69, 9.17) is 4.98 Å². The van der Waals surface area contributed by atoms with Crippen LogP contribution in [0.25, 0.3) is 39.6 Å². The molecule has 0 aliphatic carbocycles. The number of hydrogen-bond donors (Lipinski definition) is 1. The molecule has 0 atom stereocenters. The fraction of sp³-hybridized carbons (Fsp3) is 0. The van der Waals surface area contributed by atoms with Gasteiger partial charge >= 0.3 is 5.97 Å². The van der Waals surface area contributed by atoms with E-state index in [9.17, 15) is 9.90 Å². The third-order valence-electron chi connectivity index (χ3n) is 5.52. The van der Waals surface area contributed by atoms with Crippen molar-refractivity contribution in [3.05, 3.63) is 118 Å². The lowest BCUT2D eigenvalue weighted by molar-refractivity contribution is 0.0697. The van der Waals surface area contributed by atoms with Gasteiger partial charge in [0.25, 0.3) is 0 Å². The number of hydrogen-bond acceptors (Lipinski definition) is 2. The number of imidazole rings is 1. The van der Waals surface area contributed by atoms with Crippen LogP contribution >= 0.6 is 31.9 Å². The quantitative estimate of drug-likeness (QED) is 0.231. The van der Waals surface area contributed by atoms with Crippen LogP contribution < -0.4 is 0 Å². The smallest absolute Gasteiger partial charge is 0.335 e. The monoisotopic (exact) mass is 572 g/mol. The first-order valence-electron chi connectivity index (χ1n) is 10.5. The average Bonchev–Trinajstić information content (AvgIpc) is 3.26. The zero-order valence-electron chi connectivity index (χ0n) is 17.8. The highest BCUT2D eigenvalue weighted by Crippen LogP contribution is 2.39. The Labute approximate surface area is 213 Å². The van der Waals surface area contributed by atoms with E-state index >= 15 is 0 Å². The maximum Gasteiger partial charge on any atom is 0.335 e. The van der Waals surface area contributed by atoms with Crippen LogP contribution in [-0.4, -0.2) is 20.6 Å². The molecule has 0 aliphatic rings. The van der Waals surface area contributed by atoms with Gasteiger partial charge in [0.1, 0.15) is 5.82 Å². The number of rotatable bonds is 5. The number of carbonyl (C=O) groups is 1. The summed E-state index contributed by atoms with van der Waals surface area (Å²) in [6.45, 7) is 0. The van der Waals surface area contributed by atoms with Gasteiger partial charge in [-0.1, -0.05) is 86.5 Å². The van der Waals surface area contributed by atoms with Crippen molar-refractivity contribution in [3.63, 3.8) is 0 Å². The van der Waals surface area contributed by atoms with Crippen LogP contribution in [0.3, 0.4) is 0 Å². The summed E-state index contributed by atoms with van der Waals surface area (Å²) in [5.41, 5.74) is 5.79. The SMILES string of the molecule is O=C(O)c1ccc(-n2c(-c3ccccc3)nc(-c3ccc(Br)cc3)c2-c2ccc(Br)cc2)cc1. The molecule has 5 aromatic rings. The molecule has 1 heterocycles. The molecule has 34 heavy (non-hydrogen) atoms. The highest BCUT2D eigenvalue weighted by atomic mass is 79.9. The maximum absolute atomic E-state index is 11.4. The molecule has 0 spiro atoms. The van der Waals surface area contributed by atoms with Gasteiger partial charge in [0.15, 0.2) is 0 Å². The predicted octanol–water partition coefficient (Wildman–Crippen LogP) is 8.10. The van der Waals surface area contributed by atoms with Crippen molar-refractivity contribution in [3.8, 4) is 39.6 Å². The fourth-order valence-electron chi connectivity index (χ4n) is 3.89. The van der Waals surface area contributed by atoms with Gasteiger partial charge in [-0.05, 0) is 48.5 Å². The van der Waals surface area contributed by atoms with E-state index in [1.165, 1.54) is 0 Å². The first kappa shape index (κ1) is 22.3. The molecule has 1 N–H and O–H groups in total. The van der Waals surface area contributed by atoms with Crippen molar-refractivity contribution in [1.82, 2.24) is 9.55 Å². The molecule has 0 amide bonds. The number of aromatic carboxylic acids is 1. The molecular weight excluding hydrogens is 556 g/mol. The highest BCUT2D eigenvalue weighted by Gasteiger charge is 2.22.